The van der Waals surface area contributed by atoms with Gasteiger partial charge in [-0.1, -0.05) is 15.9 Å². The topological polar surface area (TPSA) is 66.8 Å². The lowest BCUT2D eigenvalue weighted by atomic mass is 10.1. The molecule has 0 saturated carbocycles. The highest BCUT2D eigenvalue weighted by molar-refractivity contribution is 9.10. The van der Waals surface area contributed by atoms with E-state index in [0.29, 0.717) is 17.0 Å². The van der Waals surface area contributed by atoms with Gasteiger partial charge in [0.2, 0.25) is 5.95 Å². The third-order valence-corrected chi connectivity index (χ3v) is 4.63. The number of aromatic nitrogens is 4. The molecule has 0 radical (unpaired) electrons. The van der Waals surface area contributed by atoms with Gasteiger partial charge in [0.15, 0.2) is 5.65 Å². The number of hydrogen-bond acceptors (Lipinski definition) is 4. The number of fused-ring (bicyclic) bond motifs is 1. The maximum Gasteiger partial charge on any atom is 0.263 e. The van der Waals surface area contributed by atoms with Crippen molar-refractivity contribution in [3.05, 3.63) is 44.3 Å². The van der Waals surface area contributed by atoms with E-state index in [2.05, 4.69) is 31.0 Å². The van der Waals surface area contributed by atoms with Gasteiger partial charge in [0, 0.05) is 23.8 Å². The molecule has 1 N–H and O–H groups in total. The van der Waals surface area contributed by atoms with Crippen LogP contribution in [-0.4, -0.2) is 32.8 Å². The molecule has 2 heterocycles. The Hall–Kier alpha value is -2.15. The summed E-state index contributed by atoms with van der Waals surface area (Å²) in [5.41, 5.74) is 3.38. The molecule has 3 aromatic rings. The first kappa shape index (κ1) is 16.7. The first-order valence-electron chi connectivity index (χ1n) is 7.77. The minimum absolute atomic E-state index is 0.179. The predicted octanol–water partition coefficient (Wildman–Crippen LogP) is 3.33. The average molecular weight is 390 g/mol. The maximum absolute atomic E-state index is 12.4. The fourth-order valence-corrected chi connectivity index (χ4v) is 3.38. The highest BCUT2D eigenvalue weighted by Crippen LogP contribution is 2.24. The smallest absolute Gasteiger partial charge is 0.263 e. The van der Waals surface area contributed by atoms with E-state index in [9.17, 15) is 4.79 Å². The number of hydrogen-bond donors (Lipinski definition) is 1. The number of rotatable bonds is 3. The fraction of sp³-hybridized carbons (Fsp3) is 0.353. The van der Waals surface area contributed by atoms with Gasteiger partial charge in [0.25, 0.3) is 5.56 Å². The lowest BCUT2D eigenvalue weighted by Gasteiger charge is -2.21. The summed E-state index contributed by atoms with van der Waals surface area (Å²) in [6, 6.07) is 4.29. The van der Waals surface area contributed by atoms with E-state index in [1.807, 2.05) is 51.8 Å². The lowest BCUT2D eigenvalue weighted by Crippen LogP contribution is -2.29. The van der Waals surface area contributed by atoms with Crippen molar-refractivity contribution in [3.63, 3.8) is 0 Å². The van der Waals surface area contributed by atoms with Crippen molar-refractivity contribution in [1.82, 2.24) is 19.7 Å². The van der Waals surface area contributed by atoms with Gasteiger partial charge in [-0.25, -0.2) is 4.68 Å². The Kier molecular flexibility index (Phi) is 4.21. The summed E-state index contributed by atoms with van der Waals surface area (Å²) in [6.45, 7) is 8.12. The molecule has 0 aliphatic carbocycles. The zero-order valence-electron chi connectivity index (χ0n) is 14.4. The number of aryl methyl sites for hydroxylation is 2. The molecule has 0 aliphatic rings. The van der Waals surface area contributed by atoms with Gasteiger partial charge >= 0.3 is 0 Å². The number of nitrogens with one attached hydrogen (secondary N) is 1. The molecule has 2 aromatic heterocycles. The van der Waals surface area contributed by atoms with Crippen LogP contribution in [0.15, 0.2) is 27.6 Å². The monoisotopic (exact) mass is 389 g/mol. The molecule has 24 heavy (non-hydrogen) atoms. The van der Waals surface area contributed by atoms with Crippen molar-refractivity contribution < 1.29 is 0 Å². The van der Waals surface area contributed by atoms with Crippen LogP contribution in [0.25, 0.3) is 16.7 Å². The van der Waals surface area contributed by atoms with Crippen LogP contribution in [0.5, 0.6) is 0 Å². The van der Waals surface area contributed by atoms with E-state index >= 15 is 0 Å². The molecule has 7 heteroatoms. The highest BCUT2D eigenvalue weighted by atomic mass is 79.9. The van der Waals surface area contributed by atoms with E-state index in [1.165, 1.54) is 0 Å². The predicted molar refractivity (Wildman–Crippen MR) is 100 cm³/mol. The molecule has 0 spiro atoms. The largest absolute Gasteiger partial charge is 0.343 e. The van der Waals surface area contributed by atoms with Crippen molar-refractivity contribution in [2.75, 3.05) is 11.9 Å². The Bertz CT molecular complexity index is 950. The number of nitrogens with zero attached hydrogens (tertiary/aromatic N) is 4. The molecule has 6 nitrogen and oxygen atoms in total. The van der Waals surface area contributed by atoms with Gasteiger partial charge in [-0.05, 0) is 51.0 Å². The van der Waals surface area contributed by atoms with Crippen LogP contribution in [0.3, 0.4) is 0 Å². The minimum atomic E-state index is -0.179. The van der Waals surface area contributed by atoms with Crippen molar-refractivity contribution >= 4 is 32.9 Å². The van der Waals surface area contributed by atoms with Gasteiger partial charge < -0.3 is 4.90 Å². The summed E-state index contributed by atoms with van der Waals surface area (Å²) in [5, 5.41) is 5.03. The van der Waals surface area contributed by atoms with Crippen molar-refractivity contribution in [1.29, 1.82) is 0 Å². The minimum Gasteiger partial charge on any atom is -0.343 e. The molecule has 126 valence electrons. The van der Waals surface area contributed by atoms with E-state index in [-0.39, 0.29) is 11.6 Å². The van der Waals surface area contributed by atoms with Gasteiger partial charge in [-0.3, -0.25) is 9.78 Å². The summed E-state index contributed by atoms with van der Waals surface area (Å²) in [4.78, 5) is 21.7. The van der Waals surface area contributed by atoms with Crippen LogP contribution in [0.4, 0.5) is 5.95 Å². The highest BCUT2D eigenvalue weighted by Gasteiger charge is 2.15. The third kappa shape index (κ3) is 2.84. The normalized spacial score (nSPS) is 11.5. The van der Waals surface area contributed by atoms with Crippen LogP contribution >= 0.6 is 15.9 Å². The molecular formula is C17H20BrN5O. The molecule has 0 fully saturated rings. The van der Waals surface area contributed by atoms with Gasteiger partial charge in [0.1, 0.15) is 5.39 Å². The number of anilines is 1. The van der Waals surface area contributed by atoms with Gasteiger partial charge in [0.05, 0.1) is 5.69 Å². The zero-order valence-corrected chi connectivity index (χ0v) is 16.0. The fourth-order valence-electron chi connectivity index (χ4n) is 2.70. The number of H-pyrrole nitrogens is 1. The quantitative estimate of drug-likeness (QED) is 0.745. The summed E-state index contributed by atoms with van der Waals surface area (Å²) in [7, 11) is 1.90. The molecule has 1 aromatic carbocycles. The molecule has 0 unspecified atom stereocenters. The van der Waals surface area contributed by atoms with Crippen molar-refractivity contribution in [3.8, 4) is 5.69 Å². The van der Waals surface area contributed by atoms with Crippen LogP contribution < -0.4 is 10.5 Å². The second kappa shape index (κ2) is 6.05. The zero-order chi connectivity index (χ0) is 17.6. The van der Waals surface area contributed by atoms with Crippen LogP contribution in [0.1, 0.15) is 25.0 Å². The average Bonchev–Trinajstić information content (AvgIpc) is 2.89. The first-order chi connectivity index (χ1) is 11.3. The number of halogens is 1. The summed E-state index contributed by atoms with van der Waals surface area (Å²) in [6.07, 6.45) is 1.74. The van der Waals surface area contributed by atoms with Gasteiger partial charge in [-0.15, -0.1) is 5.10 Å². The Balaban J connectivity index is 2.20. The molecule has 0 bridgehead atoms. The van der Waals surface area contributed by atoms with Crippen LogP contribution in [0.2, 0.25) is 0 Å². The summed E-state index contributed by atoms with van der Waals surface area (Å²) in [5.74, 6) is 0.525. The van der Waals surface area contributed by atoms with Crippen molar-refractivity contribution in [2.45, 2.75) is 33.7 Å². The Labute approximate surface area is 148 Å². The van der Waals surface area contributed by atoms with Crippen LogP contribution in [-0.2, 0) is 0 Å². The Morgan fingerprint density at radius 3 is 2.46 bits per heavy atom. The molecule has 0 saturated heterocycles. The standard InChI is InChI=1S/C17H20BrN5O/c1-9(2)22(5)17-19-15-13(16(24)20-17)8-23(21-15)14-10(3)6-12(18)7-11(14)4/h6-9H,1-5H3,(H,19,20,21,24). The van der Waals surface area contributed by atoms with E-state index < -0.39 is 0 Å². The SMILES string of the molecule is Cc1cc(Br)cc(C)c1-n1cc2c(=O)[nH]c(N(C)C(C)C)nc2n1. The van der Waals surface area contributed by atoms with E-state index in [1.54, 1.807) is 10.9 Å². The molecule has 0 amide bonds. The number of aromatic amines is 1. The number of benzene rings is 1. The molecular weight excluding hydrogens is 370 g/mol. The second-order valence-electron chi connectivity index (χ2n) is 6.29. The Morgan fingerprint density at radius 1 is 1.25 bits per heavy atom. The van der Waals surface area contributed by atoms with E-state index in [4.69, 9.17) is 0 Å². The van der Waals surface area contributed by atoms with Gasteiger partial charge in [-0.2, -0.15) is 4.98 Å². The van der Waals surface area contributed by atoms with Crippen LogP contribution in [0, 0.1) is 13.8 Å². The second-order valence-corrected chi connectivity index (χ2v) is 7.21. The van der Waals surface area contributed by atoms with E-state index in [0.717, 1.165) is 21.3 Å². The summed E-state index contributed by atoms with van der Waals surface area (Å²) >= 11 is 3.50. The third-order valence-electron chi connectivity index (χ3n) is 4.17. The molecule has 0 atom stereocenters. The Morgan fingerprint density at radius 2 is 1.88 bits per heavy atom. The summed E-state index contributed by atoms with van der Waals surface area (Å²) < 4.78 is 2.76. The lowest BCUT2D eigenvalue weighted by molar-refractivity contribution is 0.729. The molecule has 0 aliphatic heterocycles. The first-order valence-corrected chi connectivity index (χ1v) is 8.57. The molecule has 3 rings (SSSR count). The van der Waals surface area contributed by atoms with Crippen molar-refractivity contribution in [2.24, 2.45) is 0 Å². The maximum atomic E-state index is 12.4.